The first kappa shape index (κ1) is 10.7. The Labute approximate surface area is 97.6 Å². The molecule has 0 saturated carbocycles. The fraction of sp³-hybridized carbons (Fsp3) is 0.0909. The second kappa shape index (κ2) is 3.98. The molecular formula is C11H10ClN3O. The van der Waals surface area contributed by atoms with Crippen LogP contribution < -0.4 is 5.73 Å². The van der Waals surface area contributed by atoms with Crippen LogP contribution in [0.5, 0.6) is 0 Å². The zero-order valence-corrected chi connectivity index (χ0v) is 9.40. The number of aldehydes is 1. The van der Waals surface area contributed by atoms with Crippen molar-refractivity contribution in [1.29, 1.82) is 0 Å². The summed E-state index contributed by atoms with van der Waals surface area (Å²) in [5.74, 6) is 0. The van der Waals surface area contributed by atoms with Crippen LogP contribution in [0.25, 0.3) is 11.3 Å². The van der Waals surface area contributed by atoms with Gasteiger partial charge in [0.15, 0.2) is 0 Å². The second-order valence-corrected chi connectivity index (χ2v) is 3.84. The number of anilines is 1. The highest BCUT2D eigenvalue weighted by Gasteiger charge is 2.12. The molecule has 82 valence electrons. The van der Waals surface area contributed by atoms with E-state index in [-0.39, 0.29) is 0 Å². The van der Waals surface area contributed by atoms with Gasteiger partial charge < -0.3 is 5.73 Å². The van der Waals surface area contributed by atoms with Crippen molar-refractivity contribution >= 4 is 23.6 Å². The molecule has 0 atom stereocenters. The van der Waals surface area contributed by atoms with Gasteiger partial charge in [-0.2, -0.15) is 5.10 Å². The van der Waals surface area contributed by atoms with Crippen LogP contribution in [0, 0.1) is 0 Å². The number of aryl methyl sites for hydroxylation is 1. The molecular weight excluding hydrogens is 226 g/mol. The first-order chi connectivity index (χ1) is 7.63. The summed E-state index contributed by atoms with van der Waals surface area (Å²) in [5, 5.41) is 4.57. The van der Waals surface area contributed by atoms with E-state index in [1.807, 2.05) is 0 Å². The molecule has 5 heteroatoms. The number of hydrogen-bond donors (Lipinski definition) is 1. The maximum atomic E-state index is 10.6. The van der Waals surface area contributed by atoms with Crippen molar-refractivity contribution in [1.82, 2.24) is 9.78 Å². The number of nitrogens with zero attached hydrogens (tertiary/aromatic N) is 2. The molecule has 0 aliphatic carbocycles. The van der Waals surface area contributed by atoms with Crippen LogP contribution in [0.15, 0.2) is 24.4 Å². The number of hydrogen-bond acceptors (Lipinski definition) is 3. The largest absolute Gasteiger partial charge is 0.398 e. The molecule has 2 N–H and O–H groups in total. The quantitative estimate of drug-likeness (QED) is 0.641. The highest BCUT2D eigenvalue weighted by Crippen LogP contribution is 2.31. The first-order valence-electron chi connectivity index (χ1n) is 4.66. The molecule has 0 saturated heterocycles. The molecule has 0 spiro atoms. The minimum absolute atomic E-state index is 0.509. The third-order valence-electron chi connectivity index (χ3n) is 2.36. The molecule has 0 bridgehead atoms. The third-order valence-corrected chi connectivity index (χ3v) is 2.64. The molecule has 2 aromatic rings. The van der Waals surface area contributed by atoms with Gasteiger partial charge in [-0.1, -0.05) is 17.7 Å². The fourth-order valence-corrected chi connectivity index (χ4v) is 1.85. The smallest absolute Gasteiger partial charge is 0.150 e. The summed E-state index contributed by atoms with van der Waals surface area (Å²) in [6, 6.07) is 5.08. The van der Waals surface area contributed by atoms with Gasteiger partial charge in [0.2, 0.25) is 0 Å². The maximum Gasteiger partial charge on any atom is 0.150 e. The van der Waals surface area contributed by atoms with Crippen molar-refractivity contribution in [2.75, 3.05) is 5.73 Å². The molecule has 0 fully saturated rings. The number of rotatable bonds is 2. The lowest BCUT2D eigenvalue weighted by molar-refractivity contribution is 0.112. The highest BCUT2D eigenvalue weighted by molar-refractivity contribution is 6.33. The van der Waals surface area contributed by atoms with Crippen LogP contribution in [0.2, 0.25) is 5.02 Å². The van der Waals surface area contributed by atoms with E-state index in [0.717, 1.165) is 17.5 Å². The van der Waals surface area contributed by atoms with Crippen molar-refractivity contribution in [3.05, 3.63) is 35.0 Å². The molecule has 16 heavy (non-hydrogen) atoms. The van der Waals surface area contributed by atoms with Gasteiger partial charge >= 0.3 is 0 Å². The molecule has 0 amide bonds. The second-order valence-electron chi connectivity index (χ2n) is 3.43. The Morgan fingerprint density at radius 2 is 2.25 bits per heavy atom. The number of aromatic nitrogens is 2. The van der Waals surface area contributed by atoms with E-state index >= 15 is 0 Å². The monoisotopic (exact) mass is 235 g/mol. The van der Waals surface area contributed by atoms with E-state index in [1.165, 1.54) is 0 Å². The fourth-order valence-electron chi connectivity index (χ4n) is 1.58. The van der Waals surface area contributed by atoms with E-state index in [4.69, 9.17) is 17.3 Å². The zero-order valence-electron chi connectivity index (χ0n) is 8.64. The Balaban J connectivity index is 2.61. The molecule has 0 aliphatic rings. The van der Waals surface area contributed by atoms with Crippen molar-refractivity contribution in [2.24, 2.45) is 7.05 Å². The summed E-state index contributed by atoms with van der Waals surface area (Å²) in [7, 11) is 1.79. The normalized spacial score (nSPS) is 10.4. The number of nitrogens with two attached hydrogens (primary N) is 1. The van der Waals surface area contributed by atoms with E-state index in [0.29, 0.717) is 16.3 Å². The number of carbonyl (C=O) groups is 1. The molecule has 2 rings (SSSR count). The molecule has 0 radical (unpaired) electrons. The Morgan fingerprint density at radius 3 is 2.75 bits per heavy atom. The van der Waals surface area contributed by atoms with Crippen LogP contribution in [-0.2, 0) is 7.05 Å². The Kier molecular flexibility index (Phi) is 2.66. The van der Waals surface area contributed by atoms with Crippen molar-refractivity contribution in [2.45, 2.75) is 0 Å². The van der Waals surface area contributed by atoms with Crippen LogP contribution >= 0.6 is 11.6 Å². The summed E-state index contributed by atoms with van der Waals surface area (Å²) in [6.45, 7) is 0. The van der Waals surface area contributed by atoms with Gasteiger partial charge in [-0.3, -0.25) is 9.48 Å². The summed E-state index contributed by atoms with van der Waals surface area (Å²) in [6.07, 6.45) is 2.31. The third kappa shape index (κ3) is 1.67. The Bertz CT molecular complexity index is 529. The molecule has 4 nitrogen and oxygen atoms in total. The lowest BCUT2D eigenvalue weighted by Gasteiger charge is -2.07. The predicted octanol–water partition coefficient (Wildman–Crippen LogP) is 2.14. The van der Waals surface area contributed by atoms with Crippen LogP contribution in [0.3, 0.4) is 0 Å². The van der Waals surface area contributed by atoms with Gasteiger partial charge in [-0.05, 0) is 12.1 Å². The zero-order chi connectivity index (χ0) is 11.7. The van der Waals surface area contributed by atoms with Crippen molar-refractivity contribution in [3.8, 4) is 11.3 Å². The number of halogens is 1. The molecule has 1 heterocycles. The molecule has 0 unspecified atom stereocenters. The predicted molar refractivity (Wildman–Crippen MR) is 63.5 cm³/mol. The molecule has 0 aliphatic heterocycles. The van der Waals surface area contributed by atoms with Crippen molar-refractivity contribution in [3.63, 3.8) is 0 Å². The summed E-state index contributed by atoms with van der Waals surface area (Å²) in [4.78, 5) is 10.6. The lowest BCUT2D eigenvalue weighted by atomic mass is 10.1. The van der Waals surface area contributed by atoms with Crippen molar-refractivity contribution < 1.29 is 4.79 Å². The SMILES string of the molecule is Cn1ncc(Cl)c1-c1ccc(C=O)cc1N. The maximum absolute atomic E-state index is 10.6. The first-order valence-corrected chi connectivity index (χ1v) is 5.04. The van der Waals surface area contributed by atoms with Gasteiger partial charge in [0, 0.05) is 23.9 Å². The average molecular weight is 236 g/mol. The van der Waals surface area contributed by atoms with Crippen LogP contribution in [0.1, 0.15) is 10.4 Å². The summed E-state index contributed by atoms with van der Waals surface area (Å²) >= 11 is 6.02. The number of carbonyl (C=O) groups excluding carboxylic acids is 1. The summed E-state index contributed by atoms with van der Waals surface area (Å²) in [5.41, 5.74) is 8.44. The van der Waals surface area contributed by atoms with E-state index < -0.39 is 0 Å². The van der Waals surface area contributed by atoms with Gasteiger partial charge in [0.1, 0.15) is 6.29 Å². The van der Waals surface area contributed by atoms with E-state index in [1.54, 1.807) is 36.1 Å². The Morgan fingerprint density at radius 1 is 1.50 bits per heavy atom. The molecule has 1 aromatic carbocycles. The van der Waals surface area contributed by atoms with Gasteiger partial charge in [-0.15, -0.1) is 0 Å². The average Bonchev–Trinajstić information content (AvgIpc) is 2.59. The minimum Gasteiger partial charge on any atom is -0.398 e. The highest BCUT2D eigenvalue weighted by atomic mass is 35.5. The van der Waals surface area contributed by atoms with E-state index in [2.05, 4.69) is 5.10 Å². The van der Waals surface area contributed by atoms with Gasteiger partial charge in [0.05, 0.1) is 16.9 Å². The minimum atomic E-state index is 0.509. The number of nitrogen functional groups attached to an aromatic ring is 1. The standard InChI is InChI=1S/C11H10ClN3O/c1-15-11(9(12)5-14-15)8-3-2-7(6-16)4-10(8)13/h2-6H,13H2,1H3. The van der Waals surface area contributed by atoms with Gasteiger partial charge in [0.25, 0.3) is 0 Å². The van der Waals surface area contributed by atoms with E-state index in [9.17, 15) is 4.79 Å². The topological polar surface area (TPSA) is 60.9 Å². The van der Waals surface area contributed by atoms with Gasteiger partial charge in [-0.25, -0.2) is 0 Å². The lowest BCUT2D eigenvalue weighted by Crippen LogP contribution is -1.98. The van der Waals surface area contributed by atoms with Crippen LogP contribution in [-0.4, -0.2) is 16.1 Å². The number of benzene rings is 1. The summed E-state index contributed by atoms with van der Waals surface area (Å²) < 4.78 is 1.65. The Hall–Kier alpha value is -1.81. The van der Waals surface area contributed by atoms with Crippen LogP contribution in [0.4, 0.5) is 5.69 Å². The molecule has 1 aromatic heterocycles.